The molecule has 0 saturated heterocycles. The fourth-order valence-corrected chi connectivity index (χ4v) is 0. The van der Waals surface area contributed by atoms with Crippen molar-refractivity contribution >= 4 is 27.6 Å². The monoisotopic (exact) mass is 91.0 g/mol. The summed E-state index contributed by atoms with van der Waals surface area (Å²) in [5, 5.41) is 0. The first kappa shape index (κ1) is 4.78. The minimum Gasteiger partial charge on any atom is -0.126 e. The third-order valence-electron chi connectivity index (χ3n) is 0.0690. The lowest BCUT2D eigenvalue weighted by Crippen LogP contribution is -1.43. The number of hydrogen-bond acceptors (Lipinski definition) is 0. The minimum atomic E-state index is 0.542. The molecule has 0 spiro atoms. The van der Waals surface area contributed by atoms with Gasteiger partial charge in [0.2, 0.25) is 0 Å². The van der Waals surface area contributed by atoms with E-state index in [2.05, 4.69) is 0 Å². The highest BCUT2D eigenvalue weighted by Gasteiger charge is 1.59. The van der Waals surface area contributed by atoms with Crippen molar-refractivity contribution in [1.29, 1.82) is 0 Å². The van der Waals surface area contributed by atoms with Crippen LogP contribution < -0.4 is 0 Å². The van der Waals surface area contributed by atoms with Crippen LogP contribution in [0.4, 0.5) is 0 Å². The first-order chi connectivity index (χ1) is 1.91. The van der Waals surface area contributed by atoms with Crippen molar-refractivity contribution in [3.8, 4) is 0 Å². The van der Waals surface area contributed by atoms with Gasteiger partial charge in [0.15, 0.2) is 0 Å². The molecule has 0 aliphatic rings. The molecule has 3 radical (unpaired) electrons. The summed E-state index contributed by atoms with van der Waals surface area (Å²) in [6, 6.07) is 0. The van der Waals surface area contributed by atoms with E-state index in [0.29, 0.717) is 5.62 Å². The van der Waals surface area contributed by atoms with E-state index in [1.54, 1.807) is 0 Å². The predicted molar refractivity (Wildman–Crippen MR) is 23.4 cm³/mol. The standard InChI is InChI=1S/CH2BClP/c2-4-1-3/h1H2. The molecule has 0 bridgehead atoms. The largest absolute Gasteiger partial charge is 0.126 e. The molecule has 0 aromatic rings. The Morgan fingerprint density at radius 1 is 2.00 bits per heavy atom. The van der Waals surface area contributed by atoms with Gasteiger partial charge in [-0.3, -0.25) is 0 Å². The molecule has 0 fully saturated rings. The van der Waals surface area contributed by atoms with Crippen LogP contribution in [-0.4, -0.2) is 13.2 Å². The molecule has 0 aliphatic heterocycles. The van der Waals surface area contributed by atoms with Gasteiger partial charge in [0.1, 0.15) is 7.57 Å². The van der Waals surface area contributed by atoms with Gasteiger partial charge in [0.25, 0.3) is 0 Å². The number of rotatable bonds is 1. The smallest absolute Gasteiger partial charge is 0.115 e. The highest BCUT2D eigenvalue weighted by atomic mass is 35.5. The Bertz CT molecular complexity index is 10.0. The van der Waals surface area contributed by atoms with Crippen LogP contribution in [0.25, 0.3) is 0 Å². The Balaban J connectivity index is 1.97. The Hall–Kier alpha value is 0.785. The van der Waals surface area contributed by atoms with Crippen LogP contribution in [0.1, 0.15) is 0 Å². The third kappa shape index (κ3) is 2.78. The average molecular weight is 91.3 g/mol. The molecule has 0 aromatic heterocycles. The van der Waals surface area contributed by atoms with Crippen molar-refractivity contribution in [3.05, 3.63) is 0 Å². The fraction of sp³-hybridized carbons (Fsp3) is 1.00. The summed E-state index contributed by atoms with van der Waals surface area (Å²) in [7, 11) is 5.63. The summed E-state index contributed by atoms with van der Waals surface area (Å²) >= 11 is 5.05. The lowest BCUT2D eigenvalue weighted by molar-refractivity contribution is 2.25. The summed E-state index contributed by atoms with van der Waals surface area (Å²) in [4.78, 5) is 0. The van der Waals surface area contributed by atoms with Gasteiger partial charge in [-0.2, -0.15) is 0 Å². The second-order valence-corrected chi connectivity index (χ2v) is 1.62. The molecule has 0 amide bonds. The topological polar surface area (TPSA) is 0 Å². The Labute approximate surface area is 34.1 Å². The molecule has 0 saturated carbocycles. The lowest BCUT2D eigenvalue weighted by Gasteiger charge is -1.65. The zero-order valence-electron chi connectivity index (χ0n) is 2.11. The Morgan fingerprint density at radius 2 is 2.25 bits per heavy atom. The van der Waals surface area contributed by atoms with Crippen LogP contribution in [0.15, 0.2) is 0 Å². The molecule has 0 rings (SSSR count). The summed E-state index contributed by atoms with van der Waals surface area (Å²) in [6.45, 7) is 0. The van der Waals surface area contributed by atoms with E-state index in [1.807, 2.05) is 0 Å². The summed E-state index contributed by atoms with van der Waals surface area (Å²) < 4.78 is 0. The van der Waals surface area contributed by atoms with Crippen molar-refractivity contribution in [3.63, 3.8) is 0 Å². The maximum Gasteiger partial charge on any atom is 0.115 e. The molecule has 0 atom stereocenters. The maximum absolute atomic E-state index is 5.05. The van der Waals surface area contributed by atoms with Crippen molar-refractivity contribution in [2.75, 3.05) is 5.62 Å². The van der Waals surface area contributed by atoms with E-state index >= 15 is 0 Å². The van der Waals surface area contributed by atoms with E-state index in [4.69, 9.17) is 19.2 Å². The molecule has 0 aliphatic carbocycles. The molecule has 3 heteroatoms. The molecule has 0 nitrogen and oxygen atoms in total. The molecule has 21 valence electrons. The maximum atomic E-state index is 5.05. The molecule has 0 N–H and O–H groups in total. The van der Waals surface area contributed by atoms with E-state index in [-0.39, 0.29) is 0 Å². The first-order valence-corrected chi connectivity index (χ1v) is 2.53. The van der Waals surface area contributed by atoms with Crippen LogP contribution in [0, 0.1) is 0 Å². The quantitative estimate of drug-likeness (QED) is 0.258. The van der Waals surface area contributed by atoms with E-state index in [1.165, 1.54) is 0 Å². The van der Waals surface area contributed by atoms with Crippen molar-refractivity contribution in [2.24, 2.45) is 0 Å². The van der Waals surface area contributed by atoms with Crippen LogP contribution >= 0.6 is 20.1 Å². The van der Waals surface area contributed by atoms with Gasteiger partial charge in [-0.1, -0.05) is 0 Å². The predicted octanol–water partition coefficient (Wildman–Crippen LogP) is 1.21. The zero-order valence-corrected chi connectivity index (χ0v) is 3.76. The van der Waals surface area contributed by atoms with E-state index in [9.17, 15) is 0 Å². The van der Waals surface area contributed by atoms with Crippen LogP contribution in [0.2, 0.25) is 0 Å². The van der Waals surface area contributed by atoms with Crippen molar-refractivity contribution in [2.45, 2.75) is 0 Å². The van der Waals surface area contributed by atoms with Gasteiger partial charge in [0, 0.05) is 5.62 Å². The van der Waals surface area contributed by atoms with Gasteiger partial charge in [0.05, 0.1) is 0 Å². The number of hydrogen-bond donors (Lipinski definition) is 0. The van der Waals surface area contributed by atoms with E-state index in [0.717, 1.165) is 8.46 Å². The average Bonchev–Trinajstić information content (AvgIpc) is 1.37. The molecular formula is CH2BClP. The second kappa shape index (κ2) is 3.78. The molecular weight excluding hydrogens is 89.2 g/mol. The van der Waals surface area contributed by atoms with Gasteiger partial charge in [-0.25, -0.2) is 0 Å². The normalized spacial score (nSPS) is 10.2. The van der Waals surface area contributed by atoms with Gasteiger partial charge in [-0.05, 0) is 0 Å². The fourth-order valence-electron chi connectivity index (χ4n) is 0. The highest BCUT2D eigenvalue weighted by molar-refractivity contribution is 7.67. The molecule has 4 heavy (non-hydrogen) atoms. The lowest BCUT2D eigenvalue weighted by atomic mass is 10.8. The Kier molecular flexibility index (Phi) is 4.53. The third-order valence-corrected chi connectivity index (χ3v) is 0.621. The number of halogens is 1. The van der Waals surface area contributed by atoms with Crippen molar-refractivity contribution in [1.82, 2.24) is 0 Å². The molecule has 0 aromatic carbocycles. The molecule has 0 heterocycles. The zero-order chi connectivity index (χ0) is 3.41. The highest BCUT2D eigenvalue weighted by Crippen LogP contribution is 1.99. The second-order valence-electron chi connectivity index (χ2n) is 0.302. The molecule has 0 unspecified atom stereocenters. The van der Waals surface area contributed by atoms with Gasteiger partial charge in [-0.15, -0.1) is 20.1 Å². The van der Waals surface area contributed by atoms with Gasteiger partial charge >= 0.3 is 0 Å². The van der Waals surface area contributed by atoms with Crippen LogP contribution in [0.3, 0.4) is 0 Å². The first-order valence-electron chi connectivity index (χ1n) is 0.842. The summed E-state index contributed by atoms with van der Waals surface area (Å²) in [5.74, 6) is 0. The summed E-state index contributed by atoms with van der Waals surface area (Å²) in [6.07, 6.45) is 0. The minimum absolute atomic E-state index is 0.542. The van der Waals surface area contributed by atoms with Gasteiger partial charge < -0.3 is 0 Å². The van der Waals surface area contributed by atoms with Crippen LogP contribution in [-0.2, 0) is 0 Å². The van der Waals surface area contributed by atoms with E-state index < -0.39 is 0 Å². The SMILES string of the molecule is [B][P]CCl. The summed E-state index contributed by atoms with van der Waals surface area (Å²) in [5.41, 5.74) is 0.542. The van der Waals surface area contributed by atoms with Crippen molar-refractivity contribution < 1.29 is 0 Å². The van der Waals surface area contributed by atoms with Crippen LogP contribution in [0.5, 0.6) is 0 Å². The number of alkyl halides is 1. The Morgan fingerprint density at radius 3 is 2.25 bits per heavy atom.